The number of rotatable bonds is 8. The van der Waals surface area contributed by atoms with E-state index >= 15 is 0 Å². The van der Waals surface area contributed by atoms with E-state index in [9.17, 15) is 14.4 Å². The molecule has 1 unspecified atom stereocenters. The van der Waals surface area contributed by atoms with Crippen LogP contribution >= 0.6 is 0 Å². The maximum absolute atomic E-state index is 11.5. The second kappa shape index (κ2) is 8.66. The van der Waals surface area contributed by atoms with Gasteiger partial charge < -0.3 is 10.6 Å². The van der Waals surface area contributed by atoms with E-state index in [2.05, 4.69) is 10.6 Å². The lowest BCUT2D eigenvalue weighted by atomic mass is 10.1. The van der Waals surface area contributed by atoms with Crippen molar-refractivity contribution in [2.45, 2.75) is 53.0 Å². The number of Topliss-reactive ketones (excluding diaryl/α,β-unsaturated/α-hetero) is 1. The fourth-order valence-electron chi connectivity index (χ4n) is 1.53. The average Bonchev–Trinajstić information content (AvgIpc) is 2.24. The normalized spacial score (nSPS) is 12.1. The molecule has 0 saturated carbocycles. The van der Waals surface area contributed by atoms with Crippen LogP contribution in [0, 0.1) is 5.92 Å². The highest BCUT2D eigenvalue weighted by Crippen LogP contribution is 1.99. The second-order valence-electron chi connectivity index (χ2n) is 4.89. The van der Waals surface area contributed by atoms with Gasteiger partial charge in [0.05, 0.1) is 12.6 Å². The SMILES string of the molecule is CCCC(NC(=O)CNC(=O)CC(C)C)C(C)=O. The minimum absolute atomic E-state index is 0.0568. The van der Waals surface area contributed by atoms with E-state index in [4.69, 9.17) is 0 Å². The van der Waals surface area contributed by atoms with Gasteiger partial charge in [-0.15, -0.1) is 0 Å². The third-order valence-electron chi connectivity index (χ3n) is 2.44. The lowest BCUT2D eigenvalue weighted by Crippen LogP contribution is -2.44. The Balaban J connectivity index is 4.02. The topological polar surface area (TPSA) is 75.3 Å². The minimum Gasteiger partial charge on any atom is -0.347 e. The summed E-state index contributed by atoms with van der Waals surface area (Å²) in [5.74, 6) is -0.257. The number of ketones is 1. The van der Waals surface area contributed by atoms with Gasteiger partial charge in [0, 0.05) is 6.42 Å². The van der Waals surface area contributed by atoms with Crippen LogP contribution in [-0.4, -0.2) is 30.2 Å². The molecule has 18 heavy (non-hydrogen) atoms. The van der Waals surface area contributed by atoms with Crippen molar-refractivity contribution in [1.29, 1.82) is 0 Å². The Morgan fingerprint density at radius 1 is 1.11 bits per heavy atom. The van der Waals surface area contributed by atoms with Crippen molar-refractivity contribution in [2.24, 2.45) is 5.92 Å². The van der Waals surface area contributed by atoms with Crippen LogP contribution in [0.25, 0.3) is 0 Å². The standard InChI is InChI=1S/C13H24N2O3/c1-5-6-11(10(4)16)15-13(18)8-14-12(17)7-9(2)3/h9,11H,5-8H2,1-4H3,(H,14,17)(H,15,18). The molecule has 0 radical (unpaired) electrons. The van der Waals surface area contributed by atoms with Crippen molar-refractivity contribution in [3.63, 3.8) is 0 Å². The Labute approximate surface area is 109 Å². The lowest BCUT2D eigenvalue weighted by molar-refractivity contribution is -0.128. The molecule has 0 rings (SSSR count). The summed E-state index contributed by atoms with van der Waals surface area (Å²) < 4.78 is 0. The maximum atomic E-state index is 11.5. The largest absolute Gasteiger partial charge is 0.347 e. The van der Waals surface area contributed by atoms with Crippen molar-refractivity contribution >= 4 is 17.6 Å². The molecule has 0 heterocycles. The Kier molecular flexibility index (Phi) is 8.00. The Morgan fingerprint density at radius 2 is 1.72 bits per heavy atom. The van der Waals surface area contributed by atoms with E-state index < -0.39 is 6.04 Å². The van der Waals surface area contributed by atoms with Crippen molar-refractivity contribution < 1.29 is 14.4 Å². The summed E-state index contributed by atoms with van der Waals surface area (Å²) in [5, 5.41) is 5.16. The van der Waals surface area contributed by atoms with Crippen molar-refractivity contribution in [3.8, 4) is 0 Å². The van der Waals surface area contributed by atoms with Gasteiger partial charge >= 0.3 is 0 Å². The number of hydrogen-bond acceptors (Lipinski definition) is 3. The van der Waals surface area contributed by atoms with Crippen LogP contribution in [0.3, 0.4) is 0 Å². The smallest absolute Gasteiger partial charge is 0.239 e. The van der Waals surface area contributed by atoms with Crippen LogP contribution < -0.4 is 10.6 Å². The highest BCUT2D eigenvalue weighted by molar-refractivity contribution is 5.89. The quantitative estimate of drug-likeness (QED) is 0.681. The van der Waals surface area contributed by atoms with Gasteiger partial charge in [0.2, 0.25) is 11.8 Å². The molecule has 0 aliphatic carbocycles. The molecule has 0 aliphatic heterocycles. The van der Waals surface area contributed by atoms with Gasteiger partial charge in [0.1, 0.15) is 0 Å². The molecule has 0 spiro atoms. The summed E-state index contributed by atoms with van der Waals surface area (Å²) >= 11 is 0. The zero-order chi connectivity index (χ0) is 14.1. The summed E-state index contributed by atoms with van der Waals surface area (Å²) in [4.78, 5) is 34.1. The van der Waals surface area contributed by atoms with Gasteiger partial charge in [0.15, 0.2) is 5.78 Å². The summed E-state index contributed by atoms with van der Waals surface area (Å²) in [6, 6.07) is -0.440. The predicted molar refractivity (Wildman–Crippen MR) is 70.0 cm³/mol. The van der Waals surface area contributed by atoms with Crippen LogP contribution in [0.5, 0.6) is 0 Å². The van der Waals surface area contributed by atoms with Gasteiger partial charge in [0.25, 0.3) is 0 Å². The summed E-state index contributed by atoms with van der Waals surface area (Å²) in [5.41, 5.74) is 0. The number of carbonyl (C=O) groups excluding carboxylic acids is 3. The first-order chi connectivity index (χ1) is 8.36. The molecule has 0 saturated heterocycles. The fraction of sp³-hybridized carbons (Fsp3) is 0.769. The average molecular weight is 256 g/mol. The van der Waals surface area contributed by atoms with E-state index in [1.165, 1.54) is 6.92 Å². The van der Waals surface area contributed by atoms with Crippen LogP contribution in [0.4, 0.5) is 0 Å². The van der Waals surface area contributed by atoms with Gasteiger partial charge in [-0.3, -0.25) is 14.4 Å². The molecule has 104 valence electrons. The van der Waals surface area contributed by atoms with Gasteiger partial charge in [-0.1, -0.05) is 27.2 Å². The molecule has 0 fully saturated rings. The molecule has 0 aliphatic rings. The third kappa shape index (κ3) is 7.81. The van der Waals surface area contributed by atoms with E-state index in [-0.39, 0.29) is 30.1 Å². The Morgan fingerprint density at radius 3 is 2.17 bits per heavy atom. The first kappa shape index (κ1) is 16.6. The zero-order valence-corrected chi connectivity index (χ0v) is 11.7. The Hall–Kier alpha value is -1.39. The van der Waals surface area contributed by atoms with E-state index in [0.29, 0.717) is 12.8 Å². The molecule has 5 heteroatoms. The van der Waals surface area contributed by atoms with E-state index in [1.807, 2.05) is 20.8 Å². The second-order valence-corrected chi connectivity index (χ2v) is 4.89. The van der Waals surface area contributed by atoms with Crippen LogP contribution in [0.1, 0.15) is 47.0 Å². The maximum Gasteiger partial charge on any atom is 0.239 e. The number of hydrogen-bond donors (Lipinski definition) is 2. The molecular weight excluding hydrogens is 232 g/mol. The molecule has 5 nitrogen and oxygen atoms in total. The van der Waals surface area contributed by atoms with Crippen molar-refractivity contribution in [1.82, 2.24) is 10.6 Å². The predicted octanol–water partition coefficient (Wildman–Crippen LogP) is 1.02. The Bertz CT molecular complexity index is 301. The minimum atomic E-state index is -0.440. The van der Waals surface area contributed by atoms with E-state index in [1.54, 1.807) is 0 Å². The first-order valence-corrected chi connectivity index (χ1v) is 6.43. The molecular formula is C13H24N2O3. The number of carbonyl (C=O) groups is 3. The highest BCUT2D eigenvalue weighted by atomic mass is 16.2. The van der Waals surface area contributed by atoms with Crippen molar-refractivity contribution in [3.05, 3.63) is 0 Å². The first-order valence-electron chi connectivity index (χ1n) is 6.43. The molecule has 1 atom stereocenters. The lowest BCUT2D eigenvalue weighted by Gasteiger charge is -2.15. The van der Waals surface area contributed by atoms with Crippen LogP contribution in [-0.2, 0) is 14.4 Å². The monoisotopic (exact) mass is 256 g/mol. The van der Waals surface area contributed by atoms with Crippen molar-refractivity contribution in [2.75, 3.05) is 6.54 Å². The molecule has 2 amide bonds. The molecule has 2 N–H and O–H groups in total. The van der Waals surface area contributed by atoms with Crippen LogP contribution in [0.15, 0.2) is 0 Å². The summed E-state index contributed by atoms with van der Waals surface area (Å²) in [7, 11) is 0. The van der Waals surface area contributed by atoms with E-state index in [0.717, 1.165) is 6.42 Å². The highest BCUT2D eigenvalue weighted by Gasteiger charge is 2.16. The van der Waals surface area contributed by atoms with Crippen LogP contribution in [0.2, 0.25) is 0 Å². The molecule has 0 aromatic heterocycles. The number of nitrogens with one attached hydrogen (secondary N) is 2. The van der Waals surface area contributed by atoms with Gasteiger partial charge in [-0.25, -0.2) is 0 Å². The van der Waals surface area contributed by atoms with Gasteiger partial charge in [-0.05, 0) is 19.3 Å². The fourth-order valence-corrected chi connectivity index (χ4v) is 1.53. The molecule has 0 bridgehead atoms. The molecule has 0 aromatic rings. The third-order valence-corrected chi connectivity index (χ3v) is 2.44. The van der Waals surface area contributed by atoms with Gasteiger partial charge in [-0.2, -0.15) is 0 Å². The number of amides is 2. The zero-order valence-electron chi connectivity index (χ0n) is 11.7. The molecule has 0 aromatic carbocycles. The summed E-state index contributed by atoms with van der Waals surface area (Å²) in [6.07, 6.45) is 1.85. The summed E-state index contributed by atoms with van der Waals surface area (Å²) in [6.45, 7) is 7.21.